The van der Waals surface area contributed by atoms with Crippen LogP contribution in [0.25, 0.3) is 0 Å². The maximum absolute atomic E-state index is 11.4. The number of carbonyl (C=O) groups excluding carboxylic acids is 1. The second kappa shape index (κ2) is 20.2. The number of aliphatic hydroxyl groups is 2. The van der Waals surface area contributed by atoms with Crippen molar-refractivity contribution in [3.05, 3.63) is 0 Å². The van der Waals surface area contributed by atoms with E-state index in [1.807, 2.05) is 0 Å². The van der Waals surface area contributed by atoms with Crippen LogP contribution in [0.3, 0.4) is 0 Å². The van der Waals surface area contributed by atoms with E-state index in [0.29, 0.717) is 13.0 Å². The number of ether oxygens (including phenoxy) is 1. The molecular weight excluding hydrogens is 377 g/mol. The number of nitrogens with two attached hydrogens (primary N) is 1. The van der Waals surface area contributed by atoms with Gasteiger partial charge in [-0.15, -0.1) is 0 Å². The molecule has 0 aromatic rings. The summed E-state index contributed by atoms with van der Waals surface area (Å²) in [6.45, 7) is 1.77. The van der Waals surface area contributed by atoms with Gasteiger partial charge < -0.3 is 30.5 Å². The van der Waals surface area contributed by atoms with Crippen molar-refractivity contribution in [1.29, 1.82) is 0 Å². The molecule has 0 amide bonds. The molecule has 0 radical (unpaired) electrons. The molecule has 0 aliphatic carbocycles. The van der Waals surface area contributed by atoms with Gasteiger partial charge in [-0.2, -0.15) is 0 Å². The number of esters is 1. The molecule has 1 unspecified atom stereocenters. The van der Waals surface area contributed by atoms with Crippen molar-refractivity contribution < 1.29 is 38.6 Å². The lowest BCUT2D eigenvalue weighted by Gasteiger charge is -2.12. The third-order valence-electron chi connectivity index (χ3n) is 3.49. The van der Waals surface area contributed by atoms with Crippen LogP contribution in [0.15, 0.2) is 0 Å². The molecular formula is C17H38NO8P. The van der Waals surface area contributed by atoms with Crippen molar-refractivity contribution in [2.45, 2.75) is 77.2 Å². The quantitative estimate of drug-likeness (QED) is 0.144. The molecule has 0 aliphatic heterocycles. The first kappa shape index (κ1) is 28.7. The molecule has 0 aromatic heterocycles. The number of rotatable bonds is 16. The zero-order chi connectivity index (χ0) is 21.0. The number of phosphoric ester groups is 1. The van der Waals surface area contributed by atoms with E-state index in [0.717, 1.165) is 19.3 Å². The Morgan fingerprint density at radius 2 is 1.48 bits per heavy atom. The normalized spacial score (nSPS) is 12.2. The Kier molecular flexibility index (Phi) is 21.4. The van der Waals surface area contributed by atoms with Gasteiger partial charge in [0, 0.05) is 13.0 Å². The van der Waals surface area contributed by atoms with Crippen LogP contribution in [-0.2, 0) is 18.6 Å². The fourth-order valence-electron chi connectivity index (χ4n) is 2.07. The Hall–Kier alpha value is -0.540. The summed E-state index contributed by atoms with van der Waals surface area (Å²) < 4.78 is 19.4. The highest BCUT2D eigenvalue weighted by Gasteiger charge is 2.17. The van der Waals surface area contributed by atoms with E-state index in [4.69, 9.17) is 25.4 Å². The van der Waals surface area contributed by atoms with Gasteiger partial charge in [-0.05, 0) is 6.42 Å². The standard InChI is InChI=1S/C15H31O7P.C2H7NO/c1-2-3-4-5-6-7-8-9-10-11-15(17)21-12-14(16)13-22-23(18,19)20;3-1-2-4/h14,16H,2-13H2,1H3,(H2,18,19,20);4H,1-3H2. The predicted molar refractivity (Wildman–Crippen MR) is 103 cm³/mol. The molecule has 6 N–H and O–H groups in total. The maximum atomic E-state index is 11.4. The zero-order valence-corrected chi connectivity index (χ0v) is 17.3. The molecule has 0 aromatic carbocycles. The molecule has 0 heterocycles. The second-order valence-electron chi connectivity index (χ2n) is 6.21. The first-order valence-corrected chi connectivity index (χ1v) is 11.1. The van der Waals surface area contributed by atoms with E-state index in [1.165, 1.54) is 38.5 Å². The number of aliphatic hydroxyl groups excluding tert-OH is 2. The highest BCUT2D eigenvalue weighted by molar-refractivity contribution is 7.46. The minimum atomic E-state index is -4.61. The highest BCUT2D eigenvalue weighted by Crippen LogP contribution is 2.35. The summed E-state index contributed by atoms with van der Waals surface area (Å²) in [5, 5.41) is 17.1. The van der Waals surface area contributed by atoms with Crippen LogP contribution in [0.4, 0.5) is 0 Å². The van der Waals surface area contributed by atoms with E-state index < -0.39 is 26.5 Å². The van der Waals surface area contributed by atoms with E-state index in [-0.39, 0.29) is 13.2 Å². The van der Waals surface area contributed by atoms with Crippen LogP contribution in [0, 0.1) is 0 Å². The molecule has 9 nitrogen and oxygen atoms in total. The third-order valence-corrected chi connectivity index (χ3v) is 3.97. The summed E-state index contributed by atoms with van der Waals surface area (Å²) >= 11 is 0. The average Bonchev–Trinajstić information content (AvgIpc) is 2.63. The zero-order valence-electron chi connectivity index (χ0n) is 16.4. The van der Waals surface area contributed by atoms with Crippen LogP contribution in [0.5, 0.6) is 0 Å². The lowest BCUT2D eigenvalue weighted by Crippen LogP contribution is -2.23. The molecule has 27 heavy (non-hydrogen) atoms. The lowest BCUT2D eigenvalue weighted by molar-refractivity contribution is -0.147. The molecule has 0 rings (SSSR count). The number of carbonyl (C=O) groups is 1. The topological polar surface area (TPSA) is 160 Å². The number of hydrogen-bond donors (Lipinski definition) is 5. The fourth-order valence-corrected chi connectivity index (χ4v) is 2.44. The van der Waals surface area contributed by atoms with Crippen molar-refractivity contribution in [2.24, 2.45) is 5.73 Å². The SMILES string of the molecule is CCCCCCCCCCCC(=O)OCC(O)COP(=O)(O)O.NCCO. The predicted octanol–water partition coefficient (Wildman–Crippen LogP) is 1.86. The Morgan fingerprint density at radius 1 is 1.00 bits per heavy atom. The van der Waals surface area contributed by atoms with Gasteiger partial charge in [-0.25, -0.2) is 4.57 Å². The van der Waals surface area contributed by atoms with E-state index in [1.54, 1.807) is 0 Å². The highest BCUT2D eigenvalue weighted by atomic mass is 31.2. The lowest BCUT2D eigenvalue weighted by atomic mass is 10.1. The van der Waals surface area contributed by atoms with Gasteiger partial charge in [-0.1, -0.05) is 58.3 Å². The van der Waals surface area contributed by atoms with E-state index >= 15 is 0 Å². The molecule has 0 spiro atoms. The molecule has 0 bridgehead atoms. The summed E-state index contributed by atoms with van der Waals surface area (Å²) in [6.07, 6.45) is 9.47. The summed E-state index contributed by atoms with van der Waals surface area (Å²) in [5.74, 6) is -0.414. The van der Waals surface area contributed by atoms with Gasteiger partial charge in [0.25, 0.3) is 0 Å². The van der Waals surface area contributed by atoms with Crippen LogP contribution >= 0.6 is 7.82 Å². The van der Waals surface area contributed by atoms with Gasteiger partial charge in [0.1, 0.15) is 12.7 Å². The Balaban J connectivity index is 0. The van der Waals surface area contributed by atoms with Crippen molar-refractivity contribution in [2.75, 3.05) is 26.4 Å². The summed E-state index contributed by atoms with van der Waals surface area (Å²) in [5.41, 5.74) is 4.78. The minimum absolute atomic E-state index is 0.0972. The van der Waals surface area contributed by atoms with Crippen LogP contribution in [-0.4, -0.2) is 58.4 Å². The molecule has 0 fully saturated rings. The second-order valence-corrected chi connectivity index (χ2v) is 7.45. The number of hydrogen-bond acceptors (Lipinski definition) is 7. The van der Waals surface area contributed by atoms with Gasteiger partial charge >= 0.3 is 13.8 Å². The molecule has 1 atom stereocenters. The van der Waals surface area contributed by atoms with Crippen molar-refractivity contribution >= 4 is 13.8 Å². The molecule has 0 aliphatic rings. The van der Waals surface area contributed by atoms with Crippen molar-refractivity contribution in [1.82, 2.24) is 0 Å². The van der Waals surface area contributed by atoms with Gasteiger partial charge in [0.2, 0.25) is 0 Å². The van der Waals surface area contributed by atoms with Crippen LogP contribution in [0.2, 0.25) is 0 Å². The van der Waals surface area contributed by atoms with Crippen LogP contribution < -0.4 is 5.73 Å². The average molecular weight is 415 g/mol. The van der Waals surface area contributed by atoms with Crippen molar-refractivity contribution in [3.8, 4) is 0 Å². The number of unbranched alkanes of at least 4 members (excludes halogenated alkanes) is 8. The van der Waals surface area contributed by atoms with Crippen LogP contribution in [0.1, 0.15) is 71.1 Å². The largest absolute Gasteiger partial charge is 0.469 e. The minimum Gasteiger partial charge on any atom is -0.463 e. The Morgan fingerprint density at radius 3 is 1.93 bits per heavy atom. The maximum Gasteiger partial charge on any atom is 0.469 e. The first-order chi connectivity index (χ1) is 12.8. The van der Waals surface area contributed by atoms with Gasteiger partial charge in [-0.3, -0.25) is 9.32 Å². The monoisotopic (exact) mass is 415 g/mol. The summed E-state index contributed by atoms with van der Waals surface area (Å²) in [4.78, 5) is 28.4. The summed E-state index contributed by atoms with van der Waals surface area (Å²) in [7, 11) is -4.61. The molecule has 0 saturated carbocycles. The first-order valence-electron chi connectivity index (χ1n) is 9.61. The number of phosphoric acid groups is 1. The third kappa shape index (κ3) is 27.8. The molecule has 10 heteroatoms. The van der Waals surface area contributed by atoms with E-state index in [2.05, 4.69) is 11.4 Å². The Bertz CT molecular complexity index is 376. The van der Waals surface area contributed by atoms with Crippen molar-refractivity contribution in [3.63, 3.8) is 0 Å². The molecule has 0 saturated heterocycles. The van der Waals surface area contributed by atoms with E-state index in [9.17, 15) is 14.5 Å². The van der Waals surface area contributed by atoms with Gasteiger partial charge in [0.15, 0.2) is 0 Å². The smallest absolute Gasteiger partial charge is 0.463 e. The fraction of sp³-hybridized carbons (Fsp3) is 0.941. The Labute approximate surface area is 162 Å². The van der Waals surface area contributed by atoms with Gasteiger partial charge in [0.05, 0.1) is 13.2 Å². The summed E-state index contributed by atoms with van der Waals surface area (Å²) in [6, 6.07) is 0. The molecule has 164 valence electrons.